The van der Waals surface area contributed by atoms with E-state index in [9.17, 15) is 18.0 Å². The van der Waals surface area contributed by atoms with Gasteiger partial charge in [-0.2, -0.15) is 4.31 Å². The summed E-state index contributed by atoms with van der Waals surface area (Å²) in [4.78, 5) is 26.7. The Morgan fingerprint density at radius 1 is 0.970 bits per heavy atom. The van der Waals surface area contributed by atoms with Gasteiger partial charge in [-0.15, -0.1) is 0 Å². The molecular formula is C24H30N4O4S. The molecule has 0 atom stereocenters. The van der Waals surface area contributed by atoms with Crippen molar-refractivity contribution in [1.82, 2.24) is 14.5 Å². The predicted molar refractivity (Wildman–Crippen MR) is 127 cm³/mol. The molecule has 4 rings (SSSR count). The molecule has 1 saturated heterocycles. The van der Waals surface area contributed by atoms with Crippen molar-refractivity contribution >= 4 is 27.6 Å². The second-order valence-corrected chi connectivity index (χ2v) is 10.7. The van der Waals surface area contributed by atoms with Gasteiger partial charge in [0.05, 0.1) is 11.4 Å². The normalized spacial score (nSPS) is 16.9. The number of benzene rings is 2. The van der Waals surface area contributed by atoms with Gasteiger partial charge in [0, 0.05) is 31.9 Å². The van der Waals surface area contributed by atoms with Gasteiger partial charge in [-0.1, -0.05) is 18.2 Å². The van der Waals surface area contributed by atoms with Gasteiger partial charge in [-0.3, -0.25) is 15.0 Å². The molecule has 0 unspecified atom stereocenters. The number of sulfonamides is 1. The van der Waals surface area contributed by atoms with Crippen LogP contribution in [0.3, 0.4) is 0 Å². The van der Waals surface area contributed by atoms with E-state index in [4.69, 9.17) is 0 Å². The molecule has 2 aliphatic rings. The number of amides is 3. The number of aryl methyl sites for hydroxylation is 3. The molecule has 2 N–H and O–H groups in total. The Morgan fingerprint density at radius 2 is 1.70 bits per heavy atom. The van der Waals surface area contributed by atoms with Crippen molar-refractivity contribution in [2.75, 3.05) is 38.0 Å². The maximum Gasteiger partial charge on any atom is 0.325 e. The zero-order valence-electron chi connectivity index (χ0n) is 19.1. The molecule has 33 heavy (non-hydrogen) atoms. The van der Waals surface area contributed by atoms with E-state index >= 15 is 0 Å². The molecule has 176 valence electrons. The molecule has 3 amide bonds. The molecule has 1 heterocycles. The zero-order chi connectivity index (χ0) is 23.6. The highest BCUT2D eigenvalue weighted by molar-refractivity contribution is 7.89. The summed E-state index contributed by atoms with van der Waals surface area (Å²) in [5.41, 5.74) is 5.02. The van der Waals surface area contributed by atoms with E-state index in [1.165, 1.54) is 9.87 Å². The van der Waals surface area contributed by atoms with Gasteiger partial charge in [0.25, 0.3) is 0 Å². The minimum atomic E-state index is -3.55. The number of piperazine rings is 1. The molecule has 0 radical (unpaired) electrons. The van der Waals surface area contributed by atoms with Crippen molar-refractivity contribution in [3.63, 3.8) is 0 Å². The smallest absolute Gasteiger partial charge is 0.307 e. The fraction of sp³-hybridized carbons (Fsp3) is 0.417. The highest BCUT2D eigenvalue weighted by atomic mass is 32.2. The largest absolute Gasteiger partial charge is 0.325 e. The average molecular weight is 471 g/mol. The Morgan fingerprint density at radius 3 is 2.45 bits per heavy atom. The van der Waals surface area contributed by atoms with Crippen LogP contribution in [0, 0.1) is 13.8 Å². The van der Waals surface area contributed by atoms with Crippen molar-refractivity contribution in [2.24, 2.45) is 0 Å². The van der Waals surface area contributed by atoms with Crippen LogP contribution in [0.15, 0.2) is 41.3 Å². The maximum atomic E-state index is 13.1. The van der Waals surface area contributed by atoms with Crippen molar-refractivity contribution in [3.05, 3.63) is 58.7 Å². The summed E-state index contributed by atoms with van der Waals surface area (Å²) < 4.78 is 27.6. The molecule has 8 nitrogen and oxygen atoms in total. The Balaban J connectivity index is 1.28. The lowest BCUT2D eigenvalue weighted by atomic mass is 10.1. The van der Waals surface area contributed by atoms with Gasteiger partial charge in [-0.25, -0.2) is 13.2 Å². The minimum absolute atomic E-state index is 0.0347. The number of imide groups is 1. The highest BCUT2D eigenvalue weighted by Crippen LogP contribution is 2.26. The number of hydrogen-bond acceptors (Lipinski definition) is 5. The first-order chi connectivity index (χ1) is 15.7. The molecule has 1 aliphatic carbocycles. The SMILES string of the molecule is Cc1cccc(NC(=O)NC(=O)CN2CCN(S(=O)(=O)c3ccc4c(c3)CCC4)CC2)c1C. The summed E-state index contributed by atoms with van der Waals surface area (Å²) in [5.74, 6) is -0.423. The molecule has 0 spiro atoms. The summed E-state index contributed by atoms with van der Waals surface area (Å²) in [6.45, 7) is 5.36. The number of nitrogens with one attached hydrogen (secondary N) is 2. The lowest BCUT2D eigenvalue weighted by molar-refractivity contribution is -0.121. The van der Waals surface area contributed by atoms with E-state index < -0.39 is 22.0 Å². The van der Waals surface area contributed by atoms with E-state index in [0.717, 1.165) is 36.0 Å². The minimum Gasteiger partial charge on any atom is -0.307 e. The van der Waals surface area contributed by atoms with Crippen LogP contribution in [-0.2, 0) is 27.7 Å². The van der Waals surface area contributed by atoms with E-state index in [2.05, 4.69) is 10.6 Å². The Bertz CT molecular complexity index is 1170. The third-order valence-electron chi connectivity index (χ3n) is 6.51. The van der Waals surface area contributed by atoms with E-state index in [0.29, 0.717) is 36.8 Å². The summed E-state index contributed by atoms with van der Waals surface area (Å²) in [5, 5.41) is 5.06. The highest BCUT2D eigenvalue weighted by Gasteiger charge is 2.30. The lowest BCUT2D eigenvalue weighted by Crippen LogP contribution is -2.51. The molecule has 0 bridgehead atoms. The topological polar surface area (TPSA) is 98.8 Å². The number of urea groups is 1. The van der Waals surface area contributed by atoms with Crippen molar-refractivity contribution in [2.45, 2.75) is 38.0 Å². The third kappa shape index (κ3) is 5.26. The van der Waals surface area contributed by atoms with Crippen LogP contribution in [0.2, 0.25) is 0 Å². The maximum absolute atomic E-state index is 13.1. The third-order valence-corrected chi connectivity index (χ3v) is 8.41. The second kappa shape index (κ2) is 9.62. The Labute approximate surface area is 195 Å². The molecule has 2 aromatic rings. The Kier molecular flexibility index (Phi) is 6.83. The number of carbonyl (C=O) groups is 2. The number of anilines is 1. The number of hydrogen-bond donors (Lipinski definition) is 2. The van der Waals surface area contributed by atoms with Gasteiger partial charge in [-0.05, 0) is 73.6 Å². The van der Waals surface area contributed by atoms with E-state index in [-0.39, 0.29) is 6.54 Å². The van der Waals surface area contributed by atoms with Gasteiger partial charge < -0.3 is 5.32 Å². The Hall–Kier alpha value is -2.75. The molecular weight excluding hydrogens is 440 g/mol. The fourth-order valence-corrected chi connectivity index (χ4v) is 5.87. The number of nitrogens with zero attached hydrogens (tertiary/aromatic N) is 2. The summed E-state index contributed by atoms with van der Waals surface area (Å²) in [6.07, 6.45) is 3.01. The van der Waals surface area contributed by atoms with Crippen molar-refractivity contribution in [1.29, 1.82) is 0 Å². The van der Waals surface area contributed by atoms with Crippen LogP contribution in [0.5, 0.6) is 0 Å². The number of rotatable bonds is 5. The van der Waals surface area contributed by atoms with Crippen LogP contribution in [0.1, 0.15) is 28.7 Å². The molecule has 9 heteroatoms. The second-order valence-electron chi connectivity index (χ2n) is 8.71. The standard InChI is InChI=1S/C24H30N4O4S/c1-17-5-3-8-22(18(17)2)25-24(30)26-23(29)16-27-11-13-28(14-12-27)33(31,32)21-10-9-19-6-4-7-20(19)15-21/h3,5,8-10,15H,4,6-7,11-14,16H2,1-2H3,(H2,25,26,29,30). The lowest BCUT2D eigenvalue weighted by Gasteiger charge is -2.33. The zero-order valence-corrected chi connectivity index (χ0v) is 19.9. The first kappa shape index (κ1) is 23.4. The monoisotopic (exact) mass is 470 g/mol. The molecule has 1 fully saturated rings. The van der Waals surface area contributed by atoms with E-state index in [1.807, 2.05) is 43.0 Å². The van der Waals surface area contributed by atoms with Gasteiger partial charge >= 0.3 is 6.03 Å². The van der Waals surface area contributed by atoms with Crippen LogP contribution < -0.4 is 10.6 Å². The quantitative estimate of drug-likeness (QED) is 0.699. The van der Waals surface area contributed by atoms with E-state index in [1.54, 1.807) is 12.1 Å². The van der Waals surface area contributed by atoms with Gasteiger partial charge in [0.15, 0.2) is 0 Å². The van der Waals surface area contributed by atoms with Crippen LogP contribution in [-0.4, -0.2) is 62.3 Å². The van der Waals surface area contributed by atoms with Crippen LogP contribution >= 0.6 is 0 Å². The summed E-state index contributed by atoms with van der Waals surface area (Å²) in [7, 11) is -3.55. The molecule has 0 aromatic heterocycles. The summed E-state index contributed by atoms with van der Waals surface area (Å²) >= 11 is 0. The van der Waals surface area contributed by atoms with Gasteiger partial charge in [0.1, 0.15) is 0 Å². The van der Waals surface area contributed by atoms with Crippen LogP contribution in [0.4, 0.5) is 10.5 Å². The molecule has 2 aromatic carbocycles. The number of carbonyl (C=O) groups excluding carboxylic acids is 2. The summed E-state index contributed by atoms with van der Waals surface area (Å²) in [6, 6.07) is 10.4. The predicted octanol–water partition coefficient (Wildman–Crippen LogP) is 2.45. The average Bonchev–Trinajstić information content (AvgIpc) is 3.25. The first-order valence-corrected chi connectivity index (χ1v) is 12.7. The van der Waals surface area contributed by atoms with Crippen molar-refractivity contribution < 1.29 is 18.0 Å². The first-order valence-electron chi connectivity index (χ1n) is 11.3. The molecule has 0 saturated carbocycles. The molecule has 1 aliphatic heterocycles. The van der Waals surface area contributed by atoms with Crippen LogP contribution in [0.25, 0.3) is 0 Å². The van der Waals surface area contributed by atoms with Crippen molar-refractivity contribution in [3.8, 4) is 0 Å². The van der Waals surface area contributed by atoms with Gasteiger partial charge in [0.2, 0.25) is 15.9 Å². The number of fused-ring (bicyclic) bond motifs is 1. The fourth-order valence-electron chi connectivity index (χ4n) is 4.40.